The molecule has 0 aliphatic carbocycles. The highest BCUT2D eigenvalue weighted by molar-refractivity contribution is 6.11. The van der Waals surface area contributed by atoms with Gasteiger partial charge in [0, 0.05) is 42.7 Å². The second-order valence-electron chi connectivity index (χ2n) is 14.5. The molecule has 0 saturated heterocycles. The standard InChI is InChI=1S/C39H48O11/c1-17(2)13-23(41)28-34(45)29(24(42)14-18(3)4)37(48)32(36(28)47)27(21-9-11-22(40)12-10-21)33-38(49)30(25(43)15-19(5)6)35(46)31(39(33)50)26(44)16-20(7)8/h9-12,17-20,27,40,45-50H,13-16H2,1-8H3. The van der Waals surface area contributed by atoms with Gasteiger partial charge in [-0.1, -0.05) is 67.5 Å². The molecule has 0 spiro atoms. The Balaban J connectivity index is 2.70. The van der Waals surface area contributed by atoms with Crippen molar-refractivity contribution in [1.82, 2.24) is 0 Å². The van der Waals surface area contributed by atoms with Gasteiger partial charge >= 0.3 is 0 Å². The number of Topliss-reactive ketones (excluding diaryl/α,β-unsaturated/α-hetero) is 4. The first kappa shape index (κ1) is 39.4. The number of ketones is 4. The summed E-state index contributed by atoms with van der Waals surface area (Å²) in [5.41, 5.74) is -3.95. The van der Waals surface area contributed by atoms with Crippen LogP contribution in [0.25, 0.3) is 0 Å². The Kier molecular flexibility index (Phi) is 12.3. The fourth-order valence-corrected chi connectivity index (χ4v) is 6.10. The lowest BCUT2D eigenvalue weighted by Crippen LogP contribution is -2.16. The molecule has 0 aromatic heterocycles. The van der Waals surface area contributed by atoms with Crippen molar-refractivity contribution in [2.75, 3.05) is 0 Å². The van der Waals surface area contributed by atoms with Gasteiger partial charge in [0.1, 0.15) is 62.5 Å². The number of benzene rings is 3. The van der Waals surface area contributed by atoms with Crippen LogP contribution in [0.3, 0.4) is 0 Å². The highest BCUT2D eigenvalue weighted by Crippen LogP contribution is 2.56. The summed E-state index contributed by atoms with van der Waals surface area (Å²) < 4.78 is 0. The van der Waals surface area contributed by atoms with Crippen molar-refractivity contribution < 1.29 is 54.9 Å². The SMILES string of the molecule is CC(C)CC(=O)c1c(O)c(C(=O)CC(C)C)c(O)c(C(c2ccc(O)cc2)c2c(O)c(C(=O)CC(C)C)c(O)c(C(=O)CC(C)C)c2O)c1O. The molecule has 0 atom stereocenters. The third-order valence-corrected chi connectivity index (χ3v) is 8.21. The molecular weight excluding hydrogens is 644 g/mol. The lowest BCUT2D eigenvalue weighted by Gasteiger charge is -2.27. The van der Waals surface area contributed by atoms with E-state index in [2.05, 4.69) is 0 Å². The molecule has 0 fully saturated rings. The number of hydrogen-bond donors (Lipinski definition) is 7. The number of carbonyl (C=O) groups is 4. The minimum Gasteiger partial charge on any atom is -0.508 e. The maximum absolute atomic E-state index is 13.6. The minimum absolute atomic E-state index is 0.0319. The number of phenols is 7. The summed E-state index contributed by atoms with van der Waals surface area (Å²) in [6.45, 7) is 13.7. The van der Waals surface area contributed by atoms with Crippen molar-refractivity contribution in [3.8, 4) is 40.2 Å². The number of phenolic OH excluding ortho intramolecular Hbond substituents is 7. The van der Waals surface area contributed by atoms with Crippen molar-refractivity contribution in [1.29, 1.82) is 0 Å². The molecule has 50 heavy (non-hydrogen) atoms. The minimum atomic E-state index is -1.76. The molecule has 11 nitrogen and oxygen atoms in total. The summed E-state index contributed by atoms with van der Waals surface area (Å²) in [6, 6.07) is 5.04. The van der Waals surface area contributed by atoms with Gasteiger partial charge in [-0.05, 0) is 41.4 Å². The smallest absolute Gasteiger partial charge is 0.170 e. The molecule has 3 aromatic rings. The van der Waals surface area contributed by atoms with Gasteiger partial charge in [-0.25, -0.2) is 0 Å². The highest BCUT2D eigenvalue weighted by atomic mass is 16.3. The number of rotatable bonds is 15. The molecule has 0 bridgehead atoms. The van der Waals surface area contributed by atoms with Crippen LogP contribution < -0.4 is 0 Å². The quantitative estimate of drug-likeness (QED) is 0.0605. The van der Waals surface area contributed by atoms with Crippen LogP contribution in [0.5, 0.6) is 40.2 Å². The van der Waals surface area contributed by atoms with Crippen LogP contribution in [0, 0.1) is 23.7 Å². The lowest BCUT2D eigenvalue weighted by atomic mass is 9.77. The first-order chi connectivity index (χ1) is 23.2. The van der Waals surface area contributed by atoms with E-state index < -0.39 is 96.9 Å². The van der Waals surface area contributed by atoms with E-state index in [9.17, 15) is 54.9 Å². The average molecular weight is 693 g/mol. The van der Waals surface area contributed by atoms with E-state index in [1.165, 1.54) is 24.3 Å². The number of carbonyl (C=O) groups excluding carboxylic acids is 4. The maximum atomic E-state index is 13.6. The molecule has 0 unspecified atom stereocenters. The van der Waals surface area contributed by atoms with Crippen LogP contribution in [0.1, 0.15) is 145 Å². The second-order valence-corrected chi connectivity index (χ2v) is 14.5. The van der Waals surface area contributed by atoms with Gasteiger partial charge in [-0.15, -0.1) is 0 Å². The summed E-state index contributed by atoms with van der Waals surface area (Å²) in [6.07, 6.45) is -0.760. The van der Waals surface area contributed by atoms with Crippen molar-refractivity contribution in [3.63, 3.8) is 0 Å². The molecule has 0 heterocycles. The number of hydrogen-bond acceptors (Lipinski definition) is 11. The zero-order chi connectivity index (χ0) is 37.9. The van der Waals surface area contributed by atoms with E-state index in [0.29, 0.717) is 0 Å². The Labute approximate surface area is 291 Å². The first-order valence-corrected chi connectivity index (χ1v) is 16.7. The van der Waals surface area contributed by atoms with Crippen LogP contribution >= 0.6 is 0 Å². The van der Waals surface area contributed by atoms with E-state index in [4.69, 9.17) is 0 Å². The topological polar surface area (TPSA) is 210 Å². The van der Waals surface area contributed by atoms with E-state index in [-0.39, 0.29) is 60.7 Å². The molecular formula is C39H48O11. The summed E-state index contributed by atoms with van der Waals surface area (Å²) in [4.78, 5) is 54.4. The molecule has 0 aliphatic rings. The zero-order valence-corrected chi connectivity index (χ0v) is 29.8. The molecule has 3 aromatic carbocycles. The third kappa shape index (κ3) is 8.04. The van der Waals surface area contributed by atoms with Crippen LogP contribution in [0.15, 0.2) is 24.3 Å². The predicted molar refractivity (Wildman–Crippen MR) is 187 cm³/mol. The van der Waals surface area contributed by atoms with Crippen molar-refractivity contribution in [2.24, 2.45) is 23.7 Å². The molecule has 0 radical (unpaired) electrons. The molecule has 0 aliphatic heterocycles. The molecule has 3 rings (SSSR count). The highest BCUT2D eigenvalue weighted by Gasteiger charge is 2.40. The van der Waals surface area contributed by atoms with Crippen LogP contribution in [0.2, 0.25) is 0 Å². The lowest BCUT2D eigenvalue weighted by molar-refractivity contribution is 0.0941. The molecule has 7 N–H and O–H groups in total. The van der Waals surface area contributed by atoms with Crippen molar-refractivity contribution in [2.45, 2.75) is 87.0 Å². The normalized spacial score (nSPS) is 11.7. The summed E-state index contributed by atoms with van der Waals surface area (Å²) in [5, 5.41) is 80.2. The van der Waals surface area contributed by atoms with Gasteiger partial charge < -0.3 is 35.7 Å². The summed E-state index contributed by atoms with van der Waals surface area (Å²) >= 11 is 0. The van der Waals surface area contributed by atoms with Gasteiger partial charge in [0.2, 0.25) is 0 Å². The van der Waals surface area contributed by atoms with E-state index in [1.807, 2.05) is 0 Å². The largest absolute Gasteiger partial charge is 0.508 e. The monoisotopic (exact) mass is 692 g/mol. The Hall–Kier alpha value is -5.06. The average Bonchev–Trinajstić information content (AvgIpc) is 2.95. The van der Waals surface area contributed by atoms with Gasteiger partial charge in [0.05, 0.1) is 0 Å². The third-order valence-electron chi connectivity index (χ3n) is 8.21. The van der Waals surface area contributed by atoms with Gasteiger partial charge in [0.15, 0.2) is 23.1 Å². The second kappa shape index (κ2) is 15.7. The van der Waals surface area contributed by atoms with Crippen molar-refractivity contribution in [3.05, 3.63) is 63.2 Å². The zero-order valence-electron chi connectivity index (χ0n) is 29.8. The Morgan fingerprint density at radius 3 is 0.880 bits per heavy atom. The van der Waals surface area contributed by atoms with Gasteiger partial charge in [-0.3, -0.25) is 19.2 Å². The fourth-order valence-electron chi connectivity index (χ4n) is 6.10. The Morgan fingerprint density at radius 2 is 0.660 bits per heavy atom. The predicted octanol–water partition coefficient (Wildman–Crippen LogP) is 7.72. The van der Waals surface area contributed by atoms with E-state index >= 15 is 0 Å². The van der Waals surface area contributed by atoms with Crippen LogP contribution in [-0.2, 0) is 0 Å². The van der Waals surface area contributed by atoms with E-state index in [1.54, 1.807) is 55.4 Å². The first-order valence-electron chi connectivity index (χ1n) is 16.7. The Morgan fingerprint density at radius 1 is 0.420 bits per heavy atom. The maximum Gasteiger partial charge on any atom is 0.170 e. The van der Waals surface area contributed by atoms with Gasteiger partial charge in [0.25, 0.3) is 0 Å². The summed E-state index contributed by atoms with van der Waals surface area (Å²) in [5.74, 6) is -12.0. The Bertz CT molecular complexity index is 1590. The van der Waals surface area contributed by atoms with E-state index in [0.717, 1.165) is 0 Å². The molecule has 0 amide bonds. The molecule has 11 heteroatoms. The fraction of sp³-hybridized carbons (Fsp3) is 0.436. The van der Waals surface area contributed by atoms with Crippen LogP contribution in [0.4, 0.5) is 0 Å². The molecule has 0 saturated carbocycles. The van der Waals surface area contributed by atoms with Gasteiger partial charge in [-0.2, -0.15) is 0 Å². The number of aromatic hydroxyl groups is 7. The van der Waals surface area contributed by atoms with Crippen LogP contribution in [-0.4, -0.2) is 58.9 Å². The summed E-state index contributed by atoms with van der Waals surface area (Å²) in [7, 11) is 0. The van der Waals surface area contributed by atoms with Crippen molar-refractivity contribution >= 4 is 23.1 Å². The molecule has 270 valence electrons.